The molecule has 9 heteroatoms. The molecule has 126 valence electrons. The quantitative estimate of drug-likeness (QED) is 0.746. The molecule has 1 aromatic rings. The predicted octanol–water partition coefficient (Wildman–Crippen LogP) is 1.61. The lowest BCUT2D eigenvalue weighted by atomic mass is 10.2. The molecule has 0 amide bonds. The Morgan fingerprint density at radius 3 is 2.70 bits per heavy atom. The number of halogens is 1. The van der Waals surface area contributed by atoms with Gasteiger partial charge in [-0.05, 0) is 48.0 Å². The molecule has 0 saturated carbocycles. The molecule has 7 nitrogen and oxygen atoms in total. The van der Waals surface area contributed by atoms with E-state index in [9.17, 15) is 18.0 Å². The van der Waals surface area contributed by atoms with Crippen molar-refractivity contribution in [1.29, 1.82) is 0 Å². The number of benzene rings is 1. The summed E-state index contributed by atoms with van der Waals surface area (Å²) < 4.78 is 37.0. The molecule has 1 atom stereocenters. The highest BCUT2D eigenvalue weighted by Crippen LogP contribution is 2.23. The highest BCUT2D eigenvalue weighted by Gasteiger charge is 2.31. The normalized spacial score (nSPS) is 18.1. The Labute approximate surface area is 142 Å². The maximum Gasteiger partial charge on any atom is 0.347 e. The van der Waals surface area contributed by atoms with E-state index in [-0.39, 0.29) is 29.5 Å². The van der Waals surface area contributed by atoms with Gasteiger partial charge < -0.3 is 9.47 Å². The lowest BCUT2D eigenvalue weighted by Crippen LogP contribution is -2.30. The van der Waals surface area contributed by atoms with Gasteiger partial charge in [0.2, 0.25) is 16.1 Å². The van der Waals surface area contributed by atoms with E-state index in [0.29, 0.717) is 4.47 Å². The molecule has 1 aromatic carbocycles. The Morgan fingerprint density at radius 2 is 2.13 bits per heavy atom. The average molecular weight is 406 g/mol. The first-order chi connectivity index (χ1) is 10.7. The van der Waals surface area contributed by atoms with Crippen molar-refractivity contribution in [2.24, 2.45) is 0 Å². The lowest BCUT2D eigenvalue weighted by molar-refractivity contribution is -0.145. The summed E-state index contributed by atoms with van der Waals surface area (Å²) in [5.41, 5.74) is 0.0244. The maximum atomic E-state index is 12.2. The molecule has 1 aliphatic rings. The minimum absolute atomic E-state index is 0.0244. The van der Waals surface area contributed by atoms with Gasteiger partial charge in [-0.15, -0.1) is 0 Å². The molecule has 0 bridgehead atoms. The smallest absolute Gasteiger partial charge is 0.347 e. The number of sulfonamides is 1. The third-order valence-corrected chi connectivity index (χ3v) is 5.34. The first-order valence-corrected chi connectivity index (χ1v) is 9.18. The zero-order chi connectivity index (χ0) is 17.2. The summed E-state index contributed by atoms with van der Waals surface area (Å²) >= 11 is 3.18. The minimum atomic E-state index is -3.74. The van der Waals surface area contributed by atoms with Crippen molar-refractivity contribution in [1.82, 2.24) is 4.72 Å². The van der Waals surface area contributed by atoms with E-state index in [2.05, 4.69) is 20.7 Å². The van der Waals surface area contributed by atoms with E-state index in [1.54, 1.807) is 13.8 Å². The number of carbonyl (C=O) groups is 2. The molecule has 1 heterocycles. The average Bonchev–Trinajstić information content (AvgIpc) is 2.83. The summed E-state index contributed by atoms with van der Waals surface area (Å²) in [4.78, 5) is 23.5. The van der Waals surface area contributed by atoms with E-state index < -0.39 is 28.1 Å². The number of hydrogen-bond donors (Lipinski definition) is 1. The summed E-state index contributed by atoms with van der Waals surface area (Å²) in [6.45, 7) is 3.58. The highest BCUT2D eigenvalue weighted by molar-refractivity contribution is 9.10. The first-order valence-electron chi connectivity index (χ1n) is 6.90. The van der Waals surface area contributed by atoms with Gasteiger partial charge in [-0.2, -0.15) is 0 Å². The Morgan fingerprint density at radius 1 is 1.43 bits per heavy atom. The van der Waals surface area contributed by atoms with Crippen LogP contribution in [-0.2, 0) is 24.3 Å². The van der Waals surface area contributed by atoms with Gasteiger partial charge in [0.1, 0.15) is 0 Å². The molecule has 1 N–H and O–H groups in total. The molecule has 1 fully saturated rings. The number of hydrogen-bond acceptors (Lipinski definition) is 6. The van der Waals surface area contributed by atoms with Gasteiger partial charge in [0.05, 0.1) is 17.1 Å². The number of ether oxygens (including phenoxy) is 2. The van der Waals surface area contributed by atoms with Crippen molar-refractivity contribution in [3.05, 3.63) is 28.2 Å². The van der Waals surface area contributed by atoms with Crippen molar-refractivity contribution in [2.75, 3.05) is 6.61 Å². The van der Waals surface area contributed by atoms with E-state index >= 15 is 0 Å². The van der Waals surface area contributed by atoms with Crippen LogP contribution in [0, 0.1) is 0 Å². The Bertz CT molecular complexity index is 731. The van der Waals surface area contributed by atoms with Gasteiger partial charge in [0.15, 0.2) is 0 Å². The van der Waals surface area contributed by atoms with Crippen LogP contribution >= 0.6 is 15.9 Å². The highest BCUT2D eigenvalue weighted by atomic mass is 79.9. The molecule has 0 aromatic heterocycles. The van der Waals surface area contributed by atoms with Crippen molar-refractivity contribution in [3.63, 3.8) is 0 Å². The number of nitrogens with one attached hydrogen (secondary N) is 1. The summed E-state index contributed by atoms with van der Waals surface area (Å²) in [6.07, 6.45) is -0.668. The molecule has 1 saturated heterocycles. The number of esters is 2. The Kier molecular flexibility index (Phi) is 5.43. The second-order valence-electron chi connectivity index (χ2n) is 5.27. The second-order valence-corrected chi connectivity index (χ2v) is 7.84. The third-order valence-electron chi connectivity index (χ3n) is 3.00. The van der Waals surface area contributed by atoms with Crippen LogP contribution in [-0.4, -0.2) is 39.1 Å². The molecule has 1 aliphatic heterocycles. The SMILES string of the molecule is CC(C)NS(=O)(=O)c1ccc(Br)c(C(=O)O[C@@H]2CCOC2=O)c1. The van der Waals surface area contributed by atoms with E-state index in [4.69, 9.17) is 9.47 Å². The van der Waals surface area contributed by atoms with Gasteiger partial charge in [0.25, 0.3) is 0 Å². The standard InChI is InChI=1S/C14H16BrNO6S/c1-8(2)16-23(19,20)9-3-4-11(15)10(7-9)13(17)22-12-5-6-21-14(12)18/h3-4,7-8,12,16H,5-6H2,1-2H3/t12-/m1/s1. The van der Waals surface area contributed by atoms with E-state index in [1.165, 1.54) is 18.2 Å². The summed E-state index contributed by atoms with van der Waals surface area (Å²) in [6, 6.07) is 3.73. The maximum absolute atomic E-state index is 12.2. The third kappa shape index (κ3) is 4.30. The van der Waals surface area contributed by atoms with Crippen LogP contribution in [0.4, 0.5) is 0 Å². The number of carbonyl (C=O) groups excluding carboxylic acids is 2. The largest absolute Gasteiger partial charge is 0.463 e. The summed E-state index contributed by atoms with van der Waals surface area (Å²) in [7, 11) is -3.74. The van der Waals surface area contributed by atoms with Crippen LogP contribution in [0.3, 0.4) is 0 Å². The van der Waals surface area contributed by atoms with Crippen LogP contribution in [0.1, 0.15) is 30.6 Å². The second kappa shape index (κ2) is 6.98. The monoisotopic (exact) mass is 405 g/mol. The van der Waals surface area contributed by atoms with Crippen molar-refractivity contribution < 1.29 is 27.5 Å². The predicted molar refractivity (Wildman–Crippen MR) is 84.4 cm³/mol. The van der Waals surface area contributed by atoms with Crippen molar-refractivity contribution in [3.8, 4) is 0 Å². The minimum Gasteiger partial charge on any atom is -0.463 e. The van der Waals surface area contributed by atoms with Gasteiger partial charge in [-0.1, -0.05) is 0 Å². The molecule has 0 spiro atoms. The van der Waals surface area contributed by atoms with Crippen molar-refractivity contribution in [2.45, 2.75) is 37.3 Å². The fraction of sp³-hybridized carbons (Fsp3) is 0.429. The Balaban J connectivity index is 2.26. The van der Waals surface area contributed by atoms with Crippen LogP contribution in [0.5, 0.6) is 0 Å². The van der Waals surface area contributed by atoms with Crippen molar-refractivity contribution >= 4 is 37.9 Å². The molecule has 23 heavy (non-hydrogen) atoms. The van der Waals surface area contributed by atoms with Crippen LogP contribution in [0.25, 0.3) is 0 Å². The van der Waals surface area contributed by atoms with Crippen LogP contribution < -0.4 is 4.72 Å². The summed E-state index contributed by atoms with van der Waals surface area (Å²) in [5, 5.41) is 0. The topological polar surface area (TPSA) is 98.8 Å². The van der Waals surface area contributed by atoms with Crippen LogP contribution in [0.15, 0.2) is 27.6 Å². The zero-order valence-corrected chi connectivity index (χ0v) is 14.9. The fourth-order valence-corrected chi connectivity index (χ4v) is 3.67. The first kappa shape index (κ1) is 17.9. The van der Waals surface area contributed by atoms with E-state index in [1.807, 2.05) is 0 Å². The van der Waals surface area contributed by atoms with Gasteiger partial charge in [0, 0.05) is 16.9 Å². The fourth-order valence-electron chi connectivity index (χ4n) is 1.98. The zero-order valence-electron chi connectivity index (χ0n) is 12.5. The van der Waals surface area contributed by atoms with Gasteiger partial charge >= 0.3 is 11.9 Å². The Hall–Kier alpha value is -1.45. The lowest BCUT2D eigenvalue weighted by Gasteiger charge is -2.13. The summed E-state index contributed by atoms with van der Waals surface area (Å²) in [5.74, 6) is -1.39. The molecule has 2 rings (SSSR count). The molecular weight excluding hydrogens is 390 g/mol. The molecular formula is C14H16BrNO6S. The van der Waals surface area contributed by atoms with Crippen LogP contribution in [0.2, 0.25) is 0 Å². The number of rotatable bonds is 5. The van der Waals surface area contributed by atoms with Gasteiger partial charge in [-0.3, -0.25) is 0 Å². The number of cyclic esters (lactones) is 1. The molecule has 0 unspecified atom stereocenters. The van der Waals surface area contributed by atoms with Gasteiger partial charge in [-0.25, -0.2) is 22.7 Å². The molecule has 0 aliphatic carbocycles. The molecule has 0 radical (unpaired) electrons. The van der Waals surface area contributed by atoms with E-state index in [0.717, 1.165) is 0 Å².